The summed E-state index contributed by atoms with van der Waals surface area (Å²) in [7, 11) is 1.52. The molecule has 0 aromatic heterocycles. The van der Waals surface area contributed by atoms with Crippen LogP contribution in [-0.2, 0) is 5.60 Å². The van der Waals surface area contributed by atoms with E-state index in [1.54, 1.807) is 13.0 Å². The van der Waals surface area contributed by atoms with Crippen molar-refractivity contribution >= 4 is 0 Å². The summed E-state index contributed by atoms with van der Waals surface area (Å²) in [4.78, 5) is 0. The maximum absolute atomic E-state index is 13.3. The lowest BCUT2D eigenvalue weighted by Gasteiger charge is -2.26. The number of ether oxygens (including phenoxy) is 1. The lowest BCUT2D eigenvalue weighted by atomic mass is 9.91. The monoisotopic (exact) mass is 255 g/mol. The smallest absolute Gasteiger partial charge is 0.125 e. The van der Waals surface area contributed by atoms with Crippen molar-refractivity contribution < 1.29 is 14.2 Å². The Morgan fingerprint density at radius 3 is 2.72 bits per heavy atom. The molecule has 2 N–H and O–H groups in total. The molecule has 3 nitrogen and oxygen atoms in total. The molecular formula is C14H22FNO2. The van der Waals surface area contributed by atoms with Crippen LogP contribution in [0.4, 0.5) is 4.39 Å². The zero-order valence-corrected chi connectivity index (χ0v) is 11.3. The first kappa shape index (κ1) is 14.9. The number of hydrogen-bond acceptors (Lipinski definition) is 3. The summed E-state index contributed by atoms with van der Waals surface area (Å²) >= 11 is 0. The van der Waals surface area contributed by atoms with Crippen LogP contribution in [0.25, 0.3) is 0 Å². The Kier molecular flexibility index (Phi) is 5.56. The van der Waals surface area contributed by atoms with E-state index in [1.807, 2.05) is 0 Å². The predicted octanol–water partition coefficient (Wildman–Crippen LogP) is 2.43. The summed E-state index contributed by atoms with van der Waals surface area (Å²) in [5.41, 5.74) is -0.614. The summed E-state index contributed by atoms with van der Waals surface area (Å²) in [6.07, 6.45) is 1.55. The number of nitrogens with one attached hydrogen (secondary N) is 1. The highest BCUT2D eigenvalue weighted by Crippen LogP contribution is 2.32. The van der Waals surface area contributed by atoms with Gasteiger partial charge in [0.2, 0.25) is 0 Å². The van der Waals surface area contributed by atoms with Crippen molar-refractivity contribution in [1.82, 2.24) is 5.32 Å². The van der Waals surface area contributed by atoms with Crippen molar-refractivity contribution in [3.05, 3.63) is 29.6 Å². The van der Waals surface area contributed by atoms with E-state index in [1.165, 1.54) is 19.2 Å². The second-order valence-corrected chi connectivity index (χ2v) is 4.62. The molecule has 0 aliphatic carbocycles. The standard InChI is InChI=1S/C14H22FNO2/c1-4-8-16-9-7-14(2,17)12-10-11(15)5-6-13(12)18-3/h5-6,10,16-17H,4,7-9H2,1-3H3. The van der Waals surface area contributed by atoms with Gasteiger partial charge in [-0.15, -0.1) is 0 Å². The van der Waals surface area contributed by atoms with Gasteiger partial charge in [0.05, 0.1) is 12.7 Å². The molecule has 0 aliphatic heterocycles. The van der Waals surface area contributed by atoms with E-state index in [2.05, 4.69) is 12.2 Å². The molecule has 0 saturated heterocycles. The van der Waals surface area contributed by atoms with Crippen LogP contribution in [0.15, 0.2) is 18.2 Å². The Balaban J connectivity index is 2.79. The molecule has 0 heterocycles. The fraction of sp³-hybridized carbons (Fsp3) is 0.571. The minimum atomic E-state index is -1.10. The van der Waals surface area contributed by atoms with Crippen LogP contribution in [0, 0.1) is 5.82 Å². The highest BCUT2D eigenvalue weighted by Gasteiger charge is 2.26. The highest BCUT2D eigenvalue weighted by atomic mass is 19.1. The summed E-state index contributed by atoms with van der Waals surface area (Å²) < 4.78 is 18.4. The number of halogens is 1. The topological polar surface area (TPSA) is 41.5 Å². The molecule has 4 heteroatoms. The maximum Gasteiger partial charge on any atom is 0.125 e. The van der Waals surface area contributed by atoms with Crippen molar-refractivity contribution in [2.45, 2.75) is 32.3 Å². The van der Waals surface area contributed by atoms with Crippen LogP contribution in [-0.4, -0.2) is 25.3 Å². The largest absolute Gasteiger partial charge is 0.496 e. The van der Waals surface area contributed by atoms with Gasteiger partial charge >= 0.3 is 0 Å². The molecule has 1 aromatic carbocycles. The van der Waals surface area contributed by atoms with E-state index in [-0.39, 0.29) is 5.82 Å². The second kappa shape index (κ2) is 6.71. The van der Waals surface area contributed by atoms with Gasteiger partial charge in [0.15, 0.2) is 0 Å². The summed E-state index contributed by atoms with van der Waals surface area (Å²) in [6.45, 7) is 5.36. The van der Waals surface area contributed by atoms with Gasteiger partial charge in [0, 0.05) is 5.56 Å². The van der Waals surface area contributed by atoms with E-state index in [0.29, 0.717) is 24.3 Å². The number of methoxy groups -OCH3 is 1. The molecule has 0 bridgehead atoms. The van der Waals surface area contributed by atoms with Crippen LogP contribution in [0.5, 0.6) is 5.75 Å². The molecule has 18 heavy (non-hydrogen) atoms. The molecule has 102 valence electrons. The molecule has 0 fully saturated rings. The van der Waals surface area contributed by atoms with Crippen LogP contribution in [0.3, 0.4) is 0 Å². The first-order valence-corrected chi connectivity index (χ1v) is 6.28. The van der Waals surface area contributed by atoms with Gasteiger partial charge in [0.25, 0.3) is 0 Å². The molecule has 0 saturated carbocycles. The Labute approximate surface area is 108 Å². The zero-order valence-electron chi connectivity index (χ0n) is 11.3. The van der Waals surface area contributed by atoms with Gasteiger partial charge in [0.1, 0.15) is 11.6 Å². The lowest BCUT2D eigenvalue weighted by molar-refractivity contribution is 0.0452. The Bertz CT molecular complexity index is 380. The van der Waals surface area contributed by atoms with Gasteiger partial charge in [-0.05, 0) is 51.1 Å². The van der Waals surface area contributed by atoms with Gasteiger partial charge < -0.3 is 15.2 Å². The van der Waals surface area contributed by atoms with Crippen molar-refractivity contribution in [1.29, 1.82) is 0 Å². The Morgan fingerprint density at radius 2 is 2.11 bits per heavy atom. The summed E-state index contributed by atoms with van der Waals surface area (Å²) in [5, 5.41) is 13.7. The number of hydrogen-bond donors (Lipinski definition) is 2. The third-order valence-corrected chi connectivity index (χ3v) is 2.96. The lowest BCUT2D eigenvalue weighted by Crippen LogP contribution is -2.28. The second-order valence-electron chi connectivity index (χ2n) is 4.62. The van der Waals surface area contributed by atoms with E-state index < -0.39 is 5.60 Å². The first-order valence-electron chi connectivity index (χ1n) is 6.28. The molecule has 0 amide bonds. The highest BCUT2D eigenvalue weighted by molar-refractivity contribution is 5.38. The van der Waals surface area contributed by atoms with E-state index >= 15 is 0 Å². The molecule has 0 aliphatic rings. The first-order chi connectivity index (χ1) is 8.51. The van der Waals surface area contributed by atoms with Crippen molar-refractivity contribution in [3.8, 4) is 5.75 Å². The summed E-state index contributed by atoms with van der Waals surface area (Å²) in [5.74, 6) is 0.143. The summed E-state index contributed by atoms with van der Waals surface area (Å²) in [6, 6.07) is 4.20. The van der Waals surface area contributed by atoms with Crippen molar-refractivity contribution in [3.63, 3.8) is 0 Å². The predicted molar refractivity (Wildman–Crippen MR) is 70.3 cm³/mol. The van der Waals surface area contributed by atoms with Gasteiger partial charge in [-0.3, -0.25) is 0 Å². The number of aliphatic hydroxyl groups is 1. The van der Waals surface area contributed by atoms with Crippen LogP contribution in [0.1, 0.15) is 32.3 Å². The minimum Gasteiger partial charge on any atom is -0.496 e. The molecule has 1 atom stereocenters. The average Bonchev–Trinajstić information content (AvgIpc) is 2.35. The maximum atomic E-state index is 13.3. The fourth-order valence-corrected chi connectivity index (χ4v) is 1.87. The Morgan fingerprint density at radius 1 is 1.39 bits per heavy atom. The van der Waals surface area contributed by atoms with Crippen molar-refractivity contribution in [2.75, 3.05) is 20.2 Å². The van der Waals surface area contributed by atoms with Gasteiger partial charge in [-0.2, -0.15) is 0 Å². The molecule has 0 radical (unpaired) electrons. The Hall–Kier alpha value is -1.13. The SMILES string of the molecule is CCCNCCC(C)(O)c1cc(F)ccc1OC. The van der Waals surface area contributed by atoms with Crippen LogP contribution >= 0.6 is 0 Å². The van der Waals surface area contributed by atoms with Crippen LogP contribution in [0.2, 0.25) is 0 Å². The molecular weight excluding hydrogens is 233 g/mol. The fourth-order valence-electron chi connectivity index (χ4n) is 1.87. The third-order valence-electron chi connectivity index (χ3n) is 2.96. The molecule has 1 unspecified atom stereocenters. The quantitative estimate of drug-likeness (QED) is 0.735. The molecule has 0 spiro atoms. The zero-order chi connectivity index (χ0) is 13.6. The third kappa shape index (κ3) is 3.96. The van der Waals surface area contributed by atoms with E-state index in [0.717, 1.165) is 13.0 Å². The van der Waals surface area contributed by atoms with Gasteiger partial charge in [-0.25, -0.2) is 4.39 Å². The average molecular weight is 255 g/mol. The normalized spacial score (nSPS) is 14.3. The van der Waals surface area contributed by atoms with Crippen molar-refractivity contribution in [2.24, 2.45) is 0 Å². The van der Waals surface area contributed by atoms with E-state index in [9.17, 15) is 9.50 Å². The van der Waals surface area contributed by atoms with Gasteiger partial charge in [-0.1, -0.05) is 6.92 Å². The number of benzene rings is 1. The minimum absolute atomic E-state index is 0.368. The molecule has 1 aromatic rings. The van der Waals surface area contributed by atoms with E-state index in [4.69, 9.17) is 4.74 Å². The molecule has 1 rings (SSSR count). The van der Waals surface area contributed by atoms with Crippen LogP contribution < -0.4 is 10.1 Å². The number of rotatable bonds is 7.